The Morgan fingerprint density at radius 1 is 0.733 bits per heavy atom. The van der Waals surface area contributed by atoms with E-state index in [0.29, 0.717) is 6.61 Å². The quantitative estimate of drug-likeness (QED) is 0.112. The van der Waals surface area contributed by atoms with Crippen LogP contribution in [0.3, 0.4) is 0 Å². The Morgan fingerprint density at radius 3 is 1.90 bits per heavy atom. The average Bonchev–Trinajstić information content (AvgIpc) is 2.68. The van der Waals surface area contributed by atoms with Gasteiger partial charge in [-0.05, 0) is 38.2 Å². The highest BCUT2D eigenvalue weighted by atomic mass is 16.5. The molecule has 0 saturated heterocycles. The van der Waals surface area contributed by atoms with Crippen molar-refractivity contribution < 1.29 is 19.1 Å². The number of allylic oxidation sites excluding steroid dienone is 2. The van der Waals surface area contributed by atoms with Crippen LogP contribution >= 0.6 is 0 Å². The van der Waals surface area contributed by atoms with Gasteiger partial charge in [0.2, 0.25) is 0 Å². The molecule has 0 saturated carbocycles. The number of carbonyl (C=O) groups is 3. The van der Waals surface area contributed by atoms with E-state index < -0.39 is 0 Å². The van der Waals surface area contributed by atoms with E-state index in [1.807, 2.05) is 6.08 Å². The minimum Gasteiger partial charge on any atom is -0.466 e. The summed E-state index contributed by atoms with van der Waals surface area (Å²) in [7, 11) is 0. The predicted octanol–water partition coefficient (Wildman–Crippen LogP) is 7.14. The summed E-state index contributed by atoms with van der Waals surface area (Å²) >= 11 is 0. The van der Waals surface area contributed by atoms with Crippen molar-refractivity contribution in [3.63, 3.8) is 0 Å². The number of unbranched alkanes of at least 4 members (excludes halogenated alkanes) is 11. The first-order valence-electron chi connectivity index (χ1n) is 12.3. The van der Waals surface area contributed by atoms with Crippen LogP contribution in [-0.2, 0) is 19.1 Å². The Bertz CT molecular complexity index is 481. The molecule has 0 spiro atoms. The van der Waals surface area contributed by atoms with E-state index in [1.54, 1.807) is 6.08 Å². The third-order valence-corrected chi connectivity index (χ3v) is 5.31. The lowest BCUT2D eigenvalue weighted by Gasteiger charge is -2.13. The number of esters is 1. The number of carbonyl (C=O) groups excluding carboxylic acids is 3. The second-order valence-corrected chi connectivity index (χ2v) is 8.59. The van der Waals surface area contributed by atoms with Gasteiger partial charge in [-0.1, -0.05) is 84.1 Å². The van der Waals surface area contributed by atoms with Crippen molar-refractivity contribution in [3.05, 3.63) is 12.2 Å². The van der Waals surface area contributed by atoms with Crippen LogP contribution in [-0.4, -0.2) is 24.1 Å². The normalized spacial score (nSPS) is 12.2. The Morgan fingerprint density at radius 2 is 1.30 bits per heavy atom. The summed E-state index contributed by atoms with van der Waals surface area (Å²) in [6, 6.07) is 0. The third-order valence-electron chi connectivity index (χ3n) is 5.31. The van der Waals surface area contributed by atoms with Gasteiger partial charge in [0.1, 0.15) is 5.78 Å². The molecular weight excluding hydrogens is 376 g/mol. The van der Waals surface area contributed by atoms with Gasteiger partial charge in [0, 0.05) is 19.3 Å². The van der Waals surface area contributed by atoms with Crippen molar-refractivity contribution in [1.82, 2.24) is 0 Å². The summed E-state index contributed by atoms with van der Waals surface area (Å²) in [5.41, 5.74) is 0. The van der Waals surface area contributed by atoms with E-state index in [0.717, 1.165) is 25.7 Å². The molecule has 1 unspecified atom stereocenters. The van der Waals surface area contributed by atoms with E-state index in [1.165, 1.54) is 64.7 Å². The summed E-state index contributed by atoms with van der Waals surface area (Å²) < 4.78 is 5.32. The fourth-order valence-corrected chi connectivity index (χ4v) is 3.60. The summed E-state index contributed by atoms with van der Waals surface area (Å²) in [5, 5.41) is 0. The van der Waals surface area contributed by atoms with E-state index in [2.05, 4.69) is 13.8 Å². The van der Waals surface area contributed by atoms with Crippen molar-refractivity contribution in [2.24, 2.45) is 5.92 Å². The second kappa shape index (κ2) is 20.8. The van der Waals surface area contributed by atoms with E-state index in [9.17, 15) is 14.4 Å². The van der Waals surface area contributed by atoms with Gasteiger partial charge >= 0.3 is 5.97 Å². The molecule has 0 aliphatic heterocycles. The SMILES string of the molecule is CCCCCCCC/C=C\C(=O)CC(CC(C)=O)CC(=O)OCCCCCCCC. The number of ether oxygens (including phenoxy) is 1. The van der Waals surface area contributed by atoms with E-state index in [-0.39, 0.29) is 42.7 Å². The highest BCUT2D eigenvalue weighted by Crippen LogP contribution is 2.17. The molecule has 4 nitrogen and oxygen atoms in total. The molecule has 174 valence electrons. The molecule has 30 heavy (non-hydrogen) atoms. The van der Waals surface area contributed by atoms with Gasteiger partial charge in [-0.3, -0.25) is 9.59 Å². The van der Waals surface area contributed by atoms with Crippen LogP contribution in [0.5, 0.6) is 0 Å². The summed E-state index contributed by atoms with van der Waals surface area (Å²) in [5.74, 6) is -0.548. The maximum Gasteiger partial charge on any atom is 0.306 e. The van der Waals surface area contributed by atoms with Gasteiger partial charge in [0.05, 0.1) is 6.61 Å². The van der Waals surface area contributed by atoms with Gasteiger partial charge in [0.15, 0.2) is 5.78 Å². The van der Waals surface area contributed by atoms with Gasteiger partial charge in [-0.15, -0.1) is 0 Å². The maximum absolute atomic E-state index is 12.2. The molecule has 4 heteroatoms. The lowest BCUT2D eigenvalue weighted by molar-refractivity contribution is -0.145. The lowest BCUT2D eigenvalue weighted by atomic mass is 9.93. The monoisotopic (exact) mass is 422 g/mol. The first-order chi connectivity index (χ1) is 14.5. The molecule has 0 aromatic carbocycles. The van der Waals surface area contributed by atoms with Gasteiger partial charge in [-0.2, -0.15) is 0 Å². The topological polar surface area (TPSA) is 60.4 Å². The molecule has 0 fully saturated rings. The van der Waals surface area contributed by atoms with Crippen molar-refractivity contribution >= 4 is 17.5 Å². The summed E-state index contributed by atoms with van der Waals surface area (Å²) in [4.78, 5) is 35.9. The zero-order chi connectivity index (χ0) is 22.5. The zero-order valence-electron chi connectivity index (χ0n) is 19.9. The summed E-state index contributed by atoms with van der Waals surface area (Å²) in [6.07, 6.45) is 19.4. The minimum absolute atomic E-state index is 0.00374. The van der Waals surface area contributed by atoms with Crippen LogP contribution in [0.15, 0.2) is 12.2 Å². The molecule has 0 amide bonds. The molecule has 0 aromatic rings. The highest BCUT2D eigenvalue weighted by molar-refractivity contribution is 5.90. The van der Waals surface area contributed by atoms with Crippen LogP contribution in [0.1, 0.15) is 124 Å². The molecule has 1 atom stereocenters. The van der Waals surface area contributed by atoms with Crippen LogP contribution in [0.2, 0.25) is 0 Å². The molecule has 0 aliphatic rings. The largest absolute Gasteiger partial charge is 0.466 e. The first-order valence-corrected chi connectivity index (χ1v) is 12.3. The van der Waals surface area contributed by atoms with Crippen molar-refractivity contribution in [2.75, 3.05) is 6.61 Å². The smallest absolute Gasteiger partial charge is 0.306 e. The van der Waals surface area contributed by atoms with E-state index >= 15 is 0 Å². The second-order valence-electron chi connectivity index (χ2n) is 8.59. The van der Waals surface area contributed by atoms with Crippen LogP contribution in [0.4, 0.5) is 0 Å². The number of ketones is 2. The summed E-state index contributed by atoms with van der Waals surface area (Å²) in [6.45, 7) is 6.34. The number of hydrogen-bond donors (Lipinski definition) is 0. The molecule has 0 radical (unpaired) electrons. The average molecular weight is 423 g/mol. The van der Waals surface area contributed by atoms with E-state index in [4.69, 9.17) is 4.74 Å². The lowest BCUT2D eigenvalue weighted by Crippen LogP contribution is -2.17. The van der Waals surface area contributed by atoms with Crippen LogP contribution < -0.4 is 0 Å². The molecule has 0 rings (SSSR count). The van der Waals surface area contributed by atoms with Gasteiger partial charge < -0.3 is 9.53 Å². The molecule has 0 N–H and O–H groups in total. The molecule has 0 bridgehead atoms. The number of Topliss-reactive ketones (excluding diaryl/α,β-unsaturated/α-hetero) is 1. The van der Waals surface area contributed by atoms with Crippen LogP contribution in [0.25, 0.3) is 0 Å². The molecular formula is C26H46O4. The van der Waals surface area contributed by atoms with Gasteiger partial charge in [-0.25, -0.2) is 0 Å². The van der Waals surface area contributed by atoms with Crippen LogP contribution in [0, 0.1) is 5.92 Å². The number of hydrogen-bond acceptors (Lipinski definition) is 4. The first kappa shape index (κ1) is 28.5. The highest BCUT2D eigenvalue weighted by Gasteiger charge is 2.19. The Kier molecular flexibility index (Phi) is 19.8. The Balaban J connectivity index is 4.09. The standard InChI is InChI=1S/C26H46O4/c1-4-6-8-10-12-13-14-16-18-25(28)21-24(20-23(3)27)22-26(29)30-19-17-15-11-9-7-5-2/h16,18,24H,4-15,17,19-22H2,1-3H3/b18-16-. The molecule has 0 aromatic heterocycles. The molecule has 0 heterocycles. The fourth-order valence-electron chi connectivity index (χ4n) is 3.60. The van der Waals surface area contributed by atoms with Gasteiger partial charge in [0.25, 0.3) is 0 Å². The number of rotatable bonds is 21. The zero-order valence-corrected chi connectivity index (χ0v) is 19.9. The Hall–Kier alpha value is -1.45. The van der Waals surface area contributed by atoms with Crippen molar-refractivity contribution in [1.29, 1.82) is 0 Å². The molecule has 0 aliphatic carbocycles. The maximum atomic E-state index is 12.2. The predicted molar refractivity (Wildman–Crippen MR) is 124 cm³/mol. The van der Waals surface area contributed by atoms with Crippen molar-refractivity contribution in [2.45, 2.75) is 124 Å². The fraction of sp³-hybridized carbons (Fsp3) is 0.808. The Labute approximate surface area is 185 Å². The van der Waals surface area contributed by atoms with Crippen molar-refractivity contribution in [3.8, 4) is 0 Å². The third kappa shape index (κ3) is 19.8. The minimum atomic E-state index is -0.293.